The molecule has 2 heterocycles. The molecule has 0 unspecified atom stereocenters. The molecule has 0 aliphatic carbocycles. The van der Waals surface area contributed by atoms with Gasteiger partial charge < -0.3 is 9.64 Å². The van der Waals surface area contributed by atoms with E-state index in [4.69, 9.17) is 4.74 Å². The van der Waals surface area contributed by atoms with Crippen LogP contribution in [0.2, 0.25) is 0 Å². The van der Waals surface area contributed by atoms with Gasteiger partial charge in [-0.2, -0.15) is 0 Å². The highest BCUT2D eigenvalue weighted by Gasteiger charge is 2.28. The van der Waals surface area contributed by atoms with Gasteiger partial charge in [0.2, 0.25) is 5.90 Å². The van der Waals surface area contributed by atoms with Crippen LogP contribution in [0.1, 0.15) is 5.56 Å². The van der Waals surface area contributed by atoms with Crippen molar-refractivity contribution >= 4 is 17.6 Å². The number of esters is 1. The number of nitrogens with zero attached hydrogens (tertiary/aromatic N) is 3. The number of aliphatic imine (C=N–C) groups is 1. The van der Waals surface area contributed by atoms with Crippen LogP contribution in [0.3, 0.4) is 0 Å². The summed E-state index contributed by atoms with van der Waals surface area (Å²) in [5.74, 6) is -0.518. The van der Waals surface area contributed by atoms with Gasteiger partial charge in [-0.1, -0.05) is 12.1 Å². The number of nitro benzene ring substituents is 1. The molecular weight excluding hydrogens is 286 g/mol. The molecule has 1 aromatic rings. The molecule has 0 atom stereocenters. The molecule has 0 bridgehead atoms. The van der Waals surface area contributed by atoms with Gasteiger partial charge in [0.15, 0.2) is 5.70 Å². The zero-order chi connectivity index (χ0) is 15.7. The maximum atomic E-state index is 12.0. The third kappa shape index (κ3) is 2.39. The number of nitro groups is 1. The summed E-state index contributed by atoms with van der Waals surface area (Å²) >= 11 is 0. The fourth-order valence-corrected chi connectivity index (χ4v) is 2.11. The van der Waals surface area contributed by atoms with Crippen molar-refractivity contribution in [2.24, 2.45) is 4.99 Å². The molecule has 0 spiro atoms. The number of ether oxygens (including phenoxy) is 1. The maximum Gasteiger partial charge on any atom is 0.366 e. The van der Waals surface area contributed by atoms with E-state index in [9.17, 15) is 14.9 Å². The summed E-state index contributed by atoms with van der Waals surface area (Å²) in [6, 6.07) is 5.81. The first-order valence-electron chi connectivity index (χ1n) is 6.44. The first-order valence-corrected chi connectivity index (χ1v) is 6.44. The van der Waals surface area contributed by atoms with Gasteiger partial charge in [0, 0.05) is 30.9 Å². The predicted molar refractivity (Wildman–Crippen MR) is 78.8 cm³/mol. The summed E-state index contributed by atoms with van der Waals surface area (Å²) in [6.45, 7) is 0. The lowest BCUT2D eigenvalue weighted by molar-refractivity contribution is -0.384. The Morgan fingerprint density at radius 2 is 2.14 bits per heavy atom. The molecular formula is C15H11N3O4. The molecule has 0 saturated carbocycles. The fourth-order valence-electron chi connectivity index (χ4n) is 2.11. The van der Waals surface area contributed by atoms with Crippen molar-refractivity contribution < 1.29 is 14.5 Å². The van der Waals surface area contributed by atoms with Gasteiger partial charge in [-0.05, 0) is 18.2 Å². The van der Waals surface area contributed by atoms with E-state index in [0.717, 1.165) is 0 Å². The first-order chi connectivity index (χ1) is 10.6. The van der Waals surface area contributed by atoms with E-state index in [1.54, 1.807) is 36.4 Å². The minimum atomic E-state index is -0.580. The van der Waals surface area contributed by atoms with Crippen molar-refractivity contribution in [3.05, 3.63) is 75.8 Å². The summed E-state index contributed by atoms with van der Waals surface area (Å²) in [7, 11) is 1.79. The molecule has 0 aromatic heterocycles. The third-order valence-corrected chi connectivity index (χ3v) is 3.20. The van der Waals surface area contributed by atoms with Crippen LogP contribution in [0.4, 0.5) is 5.69 Å². The Bertz CT molecular complexity index is 790. The number of carbonyl (C=O) groups is 1. The largest absolute Gasteiger partial charge is 0.402 e. The smallest absolute Gasteiger partial charge is 0.366 e. The van der Waals surface area contributed by atoms with E-state index >= 15 is 0 Å². The highest BCUT2D eigenvalue weighted by atomic mass is 16.6. The van der Waals surface area contributed by atoms with Crippen LogP contribution >= 0.6 is 0 Å². The highest BCUT2D eigenvalue weighted by Crippen LogP contribution is 2.24. The van der Waals surface area contributed by atoms with Crippen LogP contribution in [0.15, 0.2) is 65.1 Å². The third-order valence-electron chi connectivity index (χ3n) is 3.20. The lowest BCUT2D eigenvalue weighted by Gasteiger charge is -2.17. The van der Waals surface area contributed by atoms with E-state index in [2.05, 4.69) is 4.99 Å². The summed E-state index contributed by atoms with van der Waals surface area (Å²) in [5.41, 5.74) is 1.07. The molecule has 0 radical (unpaired) electrons. The van der Waals surface area contributed by atoms with Crippen molar-refractivity contribution in [1.29, 1.82) is 0 Å². The van der Waals surface area contributed by atoms with Crippen LogP contribution in [-0.4, -0.2) is 28.7 Å². The summed E-state index contributed by atoms with van der Waals surface area (Å²) in [4.78, 5) is 28.2. The number of hydrogen-bond acceptors (Lipinski definition) is 6. The molecule has 22 heavy (non-hydrogen) atoms. The number of likely N-dealkylation sites (N-methyl/N-ethyl adjacent to an activating group) is 1. The molecule has 3 rings (SSSR count). The quantitative estimate of drug-likeness (QED) is 0.361. The second-order valence-electron chi connectivity index (χ2n) is 4.66. The molecule has 0 fully saturated rings. The number of carbonyl (C=O) groups excluding carboxylic acids is 1. The van der Waals surface area contributed by atoms with Gasteiger partial charge in [-0.15, -0.1) is 0 Å². The van der Waals surface area contributed by atoms with E-state index in [1.807, 2.05) is 6.08 Å². The summed E-state index contributed by atoms with van der Waals surface area (Å²) < 4.78 is 5.14. The number of allylic oxidation sites excluding steroid dienone is 3. The molecule has 7 nitrogen and oxygen atoms in total. The second-order valence-corrected chi connectivity index (χ2v) is 4.66. The van der Waals surface area contributed by atoms with Crippen LogP contribution in [0.5, 0.6) is 0 Å². The molecule has 2 aliphatic heterocycles. The number of rotatable bonds is 2. The van der Waals surface area contributed by atoms with Gasteiger partial charge in [0.1, 0.15) is 0 Å². The number of benzene rings is 1. The standard InChI is InChI=1S/C15H11N3O4/c1-17-8-3-2-7-12(17)13-15(19)22-14(16-13)10-5-4-6-11(9-10)18(20)21/h2-9H,1H3. The van der Waals surface area contributed by atoms with E-state index in [-0.39, 0.29) is 17.3 Å². The van der Waals surface area contributed by atoms with Crippen LogP contribution in [0, 0.1) is 10.1 Å². The summed E-state index contributed by atoms with van der Waals surface area (Å²) in [5, 5.41) is 10.8. The van der Waals surface area contributed by atoms with Gasteiger partial charge in [-0.3, -0.25) is 10.1 Å². The number of cyclic esters (lactones) is 1. The predicted octanol–water partition coefficient (Wildman–Crippen LogP) is 2.13. The van der Waals surface area contributed by atoms with Gasteiger partial charge >= 0.3 is 5.97 Å². The van der Waals surface area contributed by atoms with Gasteiger partial charge in [-0.25, -0.2) is 9.79 Å². The SMILES string of the molecule is CN1C=CC=CC1=C1N=C(c2cccc([N+](=O)[O-])c2)OC1=O. The average molecular weight is 297 g/mol. The molecule has 0 amide bonds. The Morgan fingerprint density at radius 3 is 2.86 bits per heavy atom. The average Bonchev–Trinajstić information content (AvgIpc) is 2.90. The van der Waals surface area contributed by atoms with Gasteiger partial charge in [0.05, 0.1) is 10.6 Å². The Hall–Kier alpha value is -3.22. The topological polar surface area (TPSA) is 85.0 Å². The van der Waals surface area contributed by atoms with Crippen LogP contribution in [-0.2, 0) is 9.53 Å². The molecule has 1 aromatic carbocycles. The summed E-state index contributed by atoms with van der Waals surface area (Å²) in [6.07, 6.45) is 7.15. The van der Waals surface area contributed by atoms with Crippen molar-refractivity contribution in [3.8, 4) is 0 Å². The molecule has 0 N–H and O–H groups in total. The number of hydrogen-bond donors (Lipinski definition) is 0. The monoisotopic (exact) mass is 297 g/mol. The molecule has 0 saturated heterocycles. The second kappa shape index (κ2) is 5.28. The minimum Gasteiger partial charge on any atom is -0.402 e. The van der Waals surface area contributed by atoms with E-state index in [1.165, 1.54) is 18.2 Å². The molecule has 7 heteroatoms. The lowest BCUT2D eigenvalue weighted by Crippen LogP contribution is -2.15. The van der Waals surface area contributed by atoms with E-state index < -0.39 is 10.9 Å². The molecule has 110 valence electrons. The van der Waals surface area contributed by atoms with Crippen molar-refractivity contribution in [1.82, 2.24) is 4.90 Å². The Kier molecular flexibility index (Phi) is 3.30. The van der Waals surface area contributed by atoms with Crippen LogP contribution < -0.4 is 0 Å². The zero-order valence-electron chi connectivity index (χ0n) is 11.6. The highest BCUT2D eigenvalue weighted by molar-refractivity contribution is 6.11. The Morgan fingerprint density at radius 1 is 1.32 bits per heavy atom. The van der Waals surface area contributed by atoms with Gasteiger partial charge in [0.25, 0.3) is 5.69 Å². The van der Waals surface area contributed by atoms with Crippen molar-refractivity contribution in [2.75, 3.05) is 7.05 Å². The lowest BCUT2D eigenvalue weighted by atomic mass is 10.2. The molecule has 2 aliphatic rings. The fraction of sp³-hybridized carbons (Fsp3) is 0.0667. The van der Waals surface area contributed by atoms with Crippen LogP contribution in [0.25, 0.3) is 0 Å². The van der Waals surface area contributed by atoms with Crippen molar-refractivity contribution in [2.45, 2.75) is 0 Å². The first kappa shape index (κ1) is 13.7. The van der Waals surface area contributed by atoms with Crippen molar-refractivity contribution in [3.63, 3.8) is 0 Å². The number of non-ortho nitro benzene ring substituents is 1. The maximum absolute atomic E-state index is 12.0. The Balaban J connectivity index is 2.02. The normalized spacial score (nSPS) is 20.1. The Labute approximate surface area is 125 Å². The minimum absolute atomic E-state index is 0.0625. The zero-order valence-corrected chi connectivity index (χ0v) is 11.6. The van der Waals surface area contributed by atoms with E-state index in [0.29, 0.717) is 11.3 Å².